The largest absolute Gasteiger partial charge is 0.481 e. The number of nitrogens with two attached hydrogens (primary N) is 1. The van der Waals surface area contributed by atoms with Crippen LogP contribution in [0.4, 0.5) is 10.1 Å². The van der Waals surface area contributed by atoms with Crippen LogP contribution in [0, 0.1) is 5.82 Å². The lowest BCUT2D eigenvalue weighted by atomic mass is 9.85. The van der Waals surface area contributed by atoms with Gasteiger partial charge in [0, 0.05) is 59.6 Å². The van der Waals surface area contributed by atoms with Crippen molar-refractivity contribution in [3.8, 4) is 5.88 Å². The molecule has 0 radical (unpaired) electrons. The van der Waals surface area contributed by atoms with E-state index in [9.17, 15) is 13.9 Å². The normalized spacial score (nSPS) is 23.7. The Bertz CT molecular complexity index is 1380. The number of fused-ring (bicyclic) bond motifs is 2. The number of halogens is 2. The molecule has 2 fully saturated rings. The van der Waals surface area contributed by atoms with Crippen molar-refractivity contribution in [2.24, 2.45) is 5.73 Å². The Balaban J connectivity index is 1.35. The minimum Gasteiger partial charge on any atom is -0.481 e. The minimum atomic E-state index is -2.87. The van der Waals surface area contributed by atoms with Crippen LogP contribution >= 0.6 is 22.4 Å². The highest BCUT2D eigenvalue weighted by atomic mass is 35.5. The lowest BCUT2D eigenvalue weighted by Crippen LogP contribution is -2.55. The van der Waals surface area contributed by atoms with E-state index >= 15 is 4.39 Å². The number of carbonyl (C=O) groups is 1. The average Bonchev–Trinajstić information content (AvgIpc) is 3.10. The monoisotopic (exact) mass is 617 g/mol. The highest BCUT2D eigenvalue weighted by Crippen LogP contribution is 2.49. The van der Waals surface area contributed by atoms with Crippen molar-refractivity contribution in [3.05, 3.63) is 88.3 Å². The molecule has 0 spiro atoms. The van der Waals surface area contributed by atoms with Crippen molar-refractivity contribution in [2.45, 2.75) is 49.7 Å². The molecular weight excluding hydrogens is 581 g/mol. The molecule has 1 aromatic heterocycles. The number of nitrogens with zero attached hydrogens (tertiary/aromatic N) is 2. The maximum atomic E-state index is 15.2. The number of benzene rings is 2. The van der Waals surface area contributed by atoms with Crippen molar-refractivity contribution in [1.29, 1.82) is 0 Å². The molecule has 226 valence electrons. The topological polar surface area (TPSA) is 133 Å². The van der Waals surface area contributed by atoms with Gasteiger partial charge in [-0.1, -0.05) is 35.9 Å². The molecule has 12 heteroatoms. The molecule has 9 nitrogen and oxygen atoms in total. The third kappa shape index (κ3) is 6.89. The van der Waals surface area contributed by atoms with Crippen molar-refractivity contribution in [2.75, 3.05) is 31.3 Å². The second kappa shape index (κ2) is 13.3. The maximum Gasteiger partial charge on any atom is 0.242 e. The molecule has 2 aliphatic heterocycles. The van der Waals surface area contributed by atoms with Crippen LogP contribution in [0.3, 0.4) is 0 Å². The van der Waals surface area contributed by atoms with Crippen molar-refractivity contribution >= 4 is 34.0 Å². The Morgan fingerprint density at radius 1 is 1.24 bits per heavy atom. The summed E-state index contributed by atoms with van der Waals surface area (Å²) in [6, 6.07) is 14.2. The molecule has 2 aromatic carbocycles. The number of aromatic nitrogens is 1. The molecule has 5 rings (SSSR count). The third-order valence-corrected chi connectivity index (χ3v) is 10.4. The maximum absolute atomic E-state index is 15.2. The molecule has 3 aromatic rings. The summed E-state index contributed by atoms with van der Waals surface area (Å²) < 4.78 is 43.7. The van der Waals surface area contributed by atoms with E-state index < -0.39 is 34.5 Å². The van der Waals surface area contributed by atoms with Crippen molar-refractivity contribution < 1.29 is 23.0 Å². The zero-order valence-corrected chi connectivity index (χ0v) is 25.0. The summed E-state index contributed by atoms with van der Waals surface area (Å²) >= 11 is 6.11. The van der Waals surface area contributed by atoms with Gasteiger partial charge < -0.3 is 21.1 Å². The summed E-state index contributed by atoms with van der Waals surface area (Å²) in [4.78, 5) is 17.9. The fourth-order valence-electron chi connectivity index (χ4n) is 5.86. The number of nitrogens with one attached hydrogen (secondary N) is 2. The number of methoxy groups -OCH3 is 1. The first kappa shape index (κ1) is 30.7. The first-order valence-electron chi connectivity index (χ1n) is 14.0. The van der Waals surface area contributed by atoms with Gasteiger partial charge in [0.2, 0.25) is 11.8 Å². The van der Waals surface area contributed by atoms with Crippen LogP contribution in [0.25, 0.3) is 0 Å². The van der Waals surface area contributed by atoms with E-state index in [4.69, 9.17) is 22.1 Å². The summed E-state index contributed by atoms with van der Waals surface area (Å²) in [5, 5.41) is 6.91. The Hall–Kier alpha value is -2.77. The van der Waals surface area contributed by atoms with Crippen LogP contribution in [-0.2, 0) is 11.2 Å². The number of rotatable bonds is 9. The Morgan fingerprint density at radius 2 is 2.00 bits per heavy atom. The van der Waals surface area contributed by atoms with E-state index in [1.807, 2.05) is 18.2 Å². The lowest BCUT2D eigenvalue weighted by Gasteiger charge is -2.49. The predicted octanol–water partition coefficient (Wildman–Crippen LogP) is 5.02. The van der Waals surface area contributed by atoms with E-state index in [1.54, 1.807) is 40.8 Å². The van der Waals surface area contributed by atoms with E-state index in [0.717, 1.165) is 18.4 Å². The fraction of sp³-hybridized carbons (Fsp3) is 0.400. The van der Waals surface area contributed by atoms with Gasteiger partial charge in [-0.25, -0.2) is 13.7 Å². The Morgan fingerprint density at radius 3 is 2.71 bits per heavy atom. The first-order valence-corrected chi connectivity index (χ1v) is 16.1. The molecule has 0 saturated carbocycles. The van der Waals surface area contributed by atoms with E-state index in [2.05, 4.69) is 15.6 Å². The van der Waals surface area contributed by atoms with Gasteiger partial charge in [-0.15, -0.1) is 10.8 Å². The summed E-state index contributed by atoms with van der Waals surface area (Å²) in [6.45, 7) is 1.13. The molecule has 3 heterocycles. The average molecular weight is 618 g/mol. The zero-order chi connectivity index (χ0) is 29.9. The van der Waals surface area contributed by atoms with E-state index in [0.29, 0.717) is 59.4 Å². The van der Waals surface area contributed by atoms with Gasteiger partial charge in [-0.2, -0.15) is 0 Å². The molecule has 42 heavy (non-hydrogen) atoms. The standard InChI is InChI=1S/C30H37ClFN5O4S/c1-41-27-14-9-20(16-35-27)28(19-7-10-21(31)11-8-19)29(33)30(38)36-26-6-2-5-25(32)24(26)13-12-23-17-34-22-4-3-15-42(39,40)37(23)18-22/h2,5-11,14,16,22-23,28-29,34,39-40H,3-4,12-13,15,17-18,33H2,1H3,(H,36,38)/t22?,23?,28-,29-/m0/s1. The predicted molar refractivity (Wildman–Crippen MR) is 165 cm³/mol. The third-order valence-electron chi connectivity index (χ3n) is 8.12. The SMILES string of the molecule is COc1ccc([C@H](c2ccc(Cl)cc2)[C@H](N)C(=O)Nc2cccc(F)c2CCC2CNC3CCCS(O)(O)N2C3)cn1. The molecule has 1 amide bonds. The summed E-state index contributed by atoms with van der Waals surface area (Å²) in [7, 11) is -1.35. The van der Waals surface area contributed by atoms with Gasteiger partial charge in [0.1, 0.15) is 5.82 Å². The molecule has 2 aliphatic rings. The molecule has 3 unspecified atom stereocenters. The number of piperazine rings is 1. The Labute approximate surface area is 252 Å². The van der Waals surface area contributed by atoms with Gasteiger partial charge in [-0.05, 0) is 61.1 Å². The van der Waals surface area contributed by atoms with Gasteiger partial charge in [0.15, 0.2) is 0 Å². The van der Waals surface area contributed by atoms with E-state index in [1.165, 1.54) is 13.2 Å². The highest BCUT2D eigenvalue weighted by Gasteiger charge is 2.38. The Kier molecular flexibility index (Phi) is 9.68. The molecule has 6 N–H and O–H groups in total. The number of amides is 1. The quantitative estimate of drug-likeness (QED) is 0.226. The summed E-state index contributed by atoms with van der Waals surface area (Å²) in [6.07, 6.45) is 4.04. The van der Waals surface area contributed by atoms with Gasteiger partial charge in [0.05, 0.1) is 18.9 Å². The van der Waals surface area contributed by atoms with Crippen LogP contribution < -0.4 is 21.1 Å². The molecule has 2 bridgehead atoms. The smallest absolute Gasteiger partial charge is 0.242 e. The van der Waals surface area contributed by atoms with Gasteiger partial charge in [0.25, 0.3) is 0 Å². The number of carbonyl (C=O) groups excluding carboxylic acids is 1. The summed E-state index contributed by atoms with van der Waals surface area (Å²) in [5.41, 5.74) is 8.76. The molecule has 2 saturated heterocycles. The van der Waals surface area contributed by atoms with Crippen molar-refractivity contribution in [1.82, 2.24) is 14.6 Å². The number of anilines is 1. The van der Waals surface area contributed by atoms with Crippen LogP contribution in [0.1, 0.15) is 41.9 Å². The van der Waals surface area contributed by atoms with Crippen LogP contribution in [-0.4, -0.2) is 68.4 Å². The van der Waals surface area contributed by atoms with Crippen LogP contribution in [0.5, 0.6) is 5.88 Å². The number of ether oxygens (including phenoxy) is 1. The van der Waals surface area contributed by atoms with Gasteiger partial charge in [-0.3, -0.25) is 13.9 Å². The van der Waals surface area contributed by atoms with Gasteiger partial charge >= 0.3 is 0 Å². The molecule has 5 atom stereocenters. The molecular formula is C30H37ClFN5O4S. The van der Waals surface area contributed by atoms with Crippen molar-refractivity contribution in [3.63, 3.8) is 0 Å². The lowest BCUT2D eigenvalue weighted by molar-refractivity contribution is -0.117. The van der Waals surface area contributed by atoms with Crippen LogP contribution in [0.15, 0.2) is 60.8 Å². The number of hydrogen-bond acceptors (Lipinski definition) is 8. The zero-order valence-electron chi connectivity index (χ0n) is 23.4. The highest BCUT2D eigenvalue weighted by molar-refractivity contribution is 8.22. The number of pyridine rings is 1. The fourth-order valence-corrected chi connectivity index (χ4v) is 7.85. The first-order chi connectivity index (χ1) is 20.2. The number of hydrogen-bond donors (Lipinski definition) is 5. The second-order valence-corrected chi connectivity index (χ2v) is 13.4. The second-order valence-electron chi connectivity index (χ2n) is 10.8. The van der Waals surface area contributed by atoms with Crippen LogP contribution in [0.2, 0.25) is 5.02 Å². The molecule has 0 aliphatic carbocycles. The minimum absolute atomic E-state index is 0.174. The van der Waals surface area contributed by atoms with E-state index in [-0.39, 0.29) is 12.1 Å². The summed E-state index contributed by atoms with van der Waals surface area (Å²) in [5.74, 6) is -0.715.